The van der Waals surface area contributed by atoms with Crippen LogP contribution in [-0.4, -0.2) is 42.3 Å². The zero-order valence-electron chi connectivity index (χ0n) is 15.1. The van der Waals surface area contributed by atoms with Gasteiger partial charge >= 0.3 is 5.97 Å². The Bertz CT molecular complexity index is 797. The molecule has 1 N–H and O–H groups in total. The summed E-state index contributed by atoms with van der Waals surface area (Å²) >= 11 is 1.01. The molecule has 0 bridgehead atoms. The van der Waals surface area contributed by atoms with Crippen molar-refractivity contribution in [2.45, 2.75) is 26.8 Å². The highest BCUT2D eigenvalue weighted by molar-refractivity contribution is 8.04. The fourth-order valence-corrected chi connectivity index (χ4v) is 3.54. The predicted octanol–water partition coefficient (Wildman–Crippen LogP) is 2.39. The molecule has 2 rings (SSSR count). The Morgan fingerprint density at radius 3 is 2.23 bits per heavy atom. The van der Waals surface area contributed by atoms with Crippen molar-refractivity contribution < 1.29 is 23.9 Å². The first kappa shape index (κ1) is 19.9. The molecule has 0 heterocycles. The summed E-state index contributed by atoms with van der Waals surface area (Å²) in [5, 5.41) is 2.61. The van der Waals surface area contributed by atoms with Crippen LogP contribution in [0, 0.1) is 5.92 Å². The van der Waals surface area contributed by atoms with Gasteiger partial charge in [0.15, 0.2) is 5.78 Å². The van der Waals surface area contributed by atoms with E-state index < -0.39 is 17.9 Å². The monoisotopic (exact) mass is 375 g/mol. The van der Waals surface area contributed by atoms with E-state index in [1.165, 1.54) is 7.11 Å². The Hall–Kier alpha value is -2.41. The first-order valence-corrected chi connectivity index (χ1v) is 9.15. The zero-order valence-corrected chi connectivity index (χ0v) is 15.9. The number of ether oxygens (including phenoxy) is 1. The number of amides is 1. The van der Waals surface area contributed by atoms with E-state index in [2.05, 4.69) is 10.1 Å². The average Bonchev–Trinajstić information content (AvgIpc) is 2.63. The first-order valence-electron chi connectivity index (χ1n) is 8.17. The standard InChI is InChI=1S/C19H21NO5S/c1-10(2)15(19(24)25-4)20-14(21)9-26-18-11(3)16(22)12-7-5-6-8-13(12)17(18)23/h5-8,10,15H,9H2,1-4H3,(H,20,21)/t15-/m0/s1. The van der Waals surface area contributed by atoms with E-state index in [-0.39, 0.29) is 28.1 Å². The number of rotatable bonds is 6. The summed E-state index contributed by atoms with van der Waals surface area (Å²) in [5.74, 6) is -1.61. The summed E-state index contributed by atoms with van der Waals surface area (Å²) in [7, 11) is 1.26. The molecule has 1 aliphatic rings. The third-order valence-electron chi connectivity index (χ3n) is 4.09. The summed E-state index contributed by atoms with van der Waals surface area (Å²) in [6.07, 6.45) is 0. The second-order valence-corrected chi connectivity index (χ2v) is 7.24. The smallest absolute Gasteiger partial charge is 0.328 e. The van der Waals surface area contributed by atoms with Crippen LogP contribution in [0.15, 0.2) is 34.7 Å². The molecule has 138 valence electrons. The molecule has 1 aromatic rings. The number of hydrogen-bond acceptors (Lipinski definition) is 6. The topological polar surface area (TPSA) is 89.5 Å². The van der Waals surface area contributed by atoms with Gasteiger partial charge < -0.3 is 10.1 Å². The number of fused-ring (bicyclic) bond motifs is 1. The maximum absolute atomic E-state index is 12.6. The van der Waals surface area contributed by atoms with Gasteiger partial charge in [0.1, 0.15) is 6.04 Å². The zero-order chi connectivity index (χ0) is 19.4. The van der Waals surface area contributed by atoms with Gasteiger partial charge in [-0.05, 0) is 12.8 Å². The maximum Gasteiger partial charge on any atom is 0.328 e. The molecule has 0 aromatic heterocycles. The van der Waals surface area contributed by atoms with Crippen LogP contribution in [0.1, 0.15) is 41.5 Å². The molecule has 0 saturated heterocycles. The lowest BCUT2D eigenvalue weighted by Crippen LogP contribution is -2.45. The van der Waals surface area contributed by atoms with Crippen LogP contribution in [-0.2, 0) is 14.3 Å². The minimum Gasteiger partial charge on any atom is -0.467 e. The van der Waals surface area contributed by atoms with Gasteiger partial charge in [0, 0.05) is 16.7 Å². The lowest BCUT2D eigenvalue weighted by atomic mass is 9.90. The largest absolute Gasteiger partial charge is 0.467 e. The normalized spacial score (nSPS) is 15.0. The lowest BCUT2D eigenvalue weighted by molar-refractivity contribution is -0.146. The van der Waals surface area contributed by atoms with Crippen molar-refractivity contribution in [2.24, 2.45) is 5.92 Å². The highest BCUT2D eigenvalue weighted by Gasteiger charge is 2.31. The minimum atomic E-state index is -0.757. The number of hydrogen-bond donors (Lipinski definition) is 1. The fourth-order valence-electron chi connectivity index (χ4n) is 2.63. The van der Waals surface area contributed by atoms with Gasteiger partial charge in [0.05, 0.1) is 17.8 Å². The van der Waals surface area contributed by atoms with Crippen molar-refractivity contribution in [2.75, 3.05) is 12.9 Å². The molecule has 6 nitrogen and oxygen atoms in total. The Balaban J connectivity index is 2.10. The van der Waals surface area contributed by atoms with Gasteiger partial charge in [0.25, 0.3) is 0 Å². The van der Waals surface area contributed by atoms with E-state index in [4.69, 9.17) is 0 Å². The first-order chi connectivity index (χ1) is 12.3. The third kappa shape index (κ3) is 4.04. The van der Waals surface area contributed by atoms with Gasteiger partial charge in [0.2, 0.25) is 11.7 Å². The summed E-state index contributed by atoms with van der Waals surface area (Å²) < 4.78 is 4.69. The van der Waals surface area contributed by atoms with Crippen molar-refractivity contribution in [3.63, 3.8) is 0 Å². The van der Waals surface area contributed by atoms with E-state index in [1.807, 2.05) is 0 Å². The van der Waals surface area contributed by atoms with E-state index in [1.54, 1.807) is 45.0 Å². The van der Waals surface area contributed by atoms with Crippen LogP contribution in [0.4, 0.5) is 0 Å². The van der Waals surface area contributed by atoms with Crippen molar-refractivity contribution in [3.8, 4) is 0 Å². The van der Waals surface area contributed by atoms with Crippen molar-refractivity contribution in [1.82, 2.24) is 5.32 Å². The molecule has 1 atom stereocenters. The van der Waals surface area contributed by atoms with Crippen LogP contribution < -0.4 is 5.32 Å². The van der Waals surface area contributed by atoms with Crippen LogP contribution in [0.25, 0.3) is 0 Å². The summed E-state index contributed by atoms with van der Waals surface area (Å²) in [6.45, 7) is 5.17. The number of benzene rings is 1. The van der Waals surface area contributed by atoms with Crippen LogP contribution >= 0.6 is 11.8 Å². The van der Waals surface area contributed by atoms with Crippen molar-refractivity contribution in [1.29, 1.82) is 0 Å². The Kier molecular flexibility index (Phi) is 6.37. The van der Waals surface area contributed by atoms with E-state index >= 15 is 0 Å². The van der Waals surface area contributed by atoms with Gasteiger partial charge in [-0.3, -0.25) is 14.4 Å². The summed E-state index contributed by atoms with van der Waals surface area (Å²) in [6, 6.07) is 5.88. The molecule has 0 unspecified atom stereocenters. The number of nitrogens with one attached hydrogen (secondary N) is 1. The lowest BCUT2D eigenvalue weighted by Gasteiger charge is -2.21. The number of Topliss-reactive ketones (excluding diaryl/α,β-unsaturated/α-hetero) is 2. The van der Waals surface area contributed by atoms with Gasteiger partial charge in [-0.1, -0.05) is 38.1 Å². The van der Waals surface area contributed by atoms with Crippen LogP contribution in [0.5, 0.6) is 0 Å². The molecule has 1 aromatic carbocycles. The molecule has 0 aliphatic heterocycles. The van der Waals surface area contributed by atoms with E-state index in [9.17, 15) is 19.2 Å². The van der Waals surface area contributed by atoms with Gasteiger partial charge in [-0.25, -0.2) is 4.79 Å². The summed E-state index contributed by atoms with van der Waals surface area (Å²) in [5.41, 5.74) is 1.06. The molecule has 26 heavy (non-hydrogen) atoms. The van der Waals surface area contributed by atoms with Crippen molar-refractivity contribution >= 4 is 35.2 Å². The number of methoxy groups -OCH3 is 1. The highest BCUT2D eigenvalue weighted by atomic mass is 32.2. The molecule has 1 aliphatic carbocycles. The number of thioether (sulfide) groups is 1. The van der Waals surface area contributed by atoms with Crippen LogP contribution in [0.3, 0.4) is 0 Å². The second kappa shape index (κ2) is 8.31. The fraction of sp³-hybridized carbons (Fsp3) is 0.368. The Morgan fingerprint density at radius 2 is 1.69 bits per heavy atom. The van der Waals surface area contributed by atoms with E-state index in [0.717, 1.165) is 11.8 Å². The molecular formula is C19H21NO5S. The number of allylic oxidation sites excluding steroid dienone is 2. The third-order valence-corrected chi connectivity index (χ3v) is 5.28. The maximum atomic E-state index is 12.6. The van der Waals surface area contributed by atoms with Crippen molar-refractivity contribution in [3.05, 3.63) is 45.9 Å². The second-order valence-electron chi connectivity index (χ2n) is 6.26. The Morgan fingerprint density at radius 1 is 1.12 bits per heavy atom. The number of esters is 1. The minimum absolute atomic E-state index is 0.0753. The Labute approximate surface area is 156 Å². The molecule has 0 saturated carbocycles. The van der Waals surface area contributed by atoms with Gasteiger partial charge in [-0.2, -0.15) is 0 Å². The average molecular weight is 375 g/mol. The number of carbonyl (C=O) groups is 4. The number of ketones is 2. The van der Waals surface area contributed by atoms with E-state index in [0.29, 0.717) is 16.7 Å². The molecule has 0 spiro atoms. The molecule has 0 radical (unpaired) electrons. The quantitative estimate of drug-likeness (QED) is 0.768. The molecular weight excluding hydrogens is 354 g/mol. The predicted molar refractivity (Wildman–Crippen MR) is 99.0 cm³/mol. The molecule has 7 heteroatoms. The SMILES string of the molecule is COC(=O)[C@@H](NC(=O)CSC1=C(C)C(=O)c2ccccc2C1=O)C(C)C. The summed E-state index contributed by atoms with van der Waals surface area (Å²) in [4.78, 5) is 49.3. The van der Waals surface area contributed by atoms with Crippen LogP contribution in [0.2, 0.25) is 0 Å². The van der Waals surface area contributed by atoms with Gasteiger partial charge in [-0.15, -0.1) is 11.8 Å². The molecule has 1 amide bonds. The number of carbonyl (C=O) groups excluding carboxylic acids is 4. The highest BCUT2D eigenvalue weighted by Crippen LogP contribution is 2.32. The molecule has 0 fully saturated rings.